The highest BCUT2D eigenvalue weighted by atomic mass is 79.9. The van der Waals surface area contributed by atoms with Crippen molar-refractivity contribution in [3.63, 3.8) is 0 Å². The van der Waals surface area contributed by atoms with Crippen molar-refractivity contribution < 1.29 is 13.2 Å². The van der Waals surface area contributed by atoms with E-state index in [4.69, 9.17) is 11.6 Å². The van der Waals surface area contributed by atoms with Gasteiger partial charge in [-0.15, -0.1) is 0 Å². The van der Waals surface area contributed by atoms with Crippen LogP contribution in [-0.4, -0.2) is 0 Å². The maximum Gasteiger partial charge on any atom is 0.196 e. The molecule has 6 heteroatoms. The monoisotopic (exact) mass is 349 g/mol. The van der Waals surface area contributed by atoms with E-state index in [0.29, 0.717) is 5.02 Å². The molecular weight excluding hydrogens is 343 g/mol. The van der Waals surface area contributed by atoms with Crippen molar-refractivity contribution in [2.75, 3.05) is 5.32 Å². The van der Waals surface area contributed by atoms with Gasteiger partial charge in [0.1, 0.15) is 0 Å². The highest BCUT2D eigenvalue weighted by molar-refractivity contribution is 9.10. The fourth-order valence-corrected chi connectivity index (χ4v) is 1.96. The Labute approximate surface area is 121 Å². The normalized spacial score (nSPS) is 10.6. The van der Waals surface area contributed by atoms with E-state index in [1.165, 1.54) is 0 Å². The van der Waals surface area contributed by atoms with E-state index >= 15 is 0 Å². The molecule has 19 heavy (non-hydrogen) atoms. The lowest BCUT2D eigenvalue weighted by Crippen LogP contribution is -2.04. The second-order valence-electron chi connectivity index (χ2n) is 3.82. The highest BCUT2D eigenvalue weighted by Crippen LogP contribution is 2.24. The molecule has 100 valence electrons. The molecule has 0 amide bonds. The third-order valence-electron chi connectivity index (χ3n) is 2.50. The average molecular weight is 351 g/mol. The molecule has 0 aromatic heterocycles. The van der Waals surface area contributed by atoms with Crippen LogP contribution in [0.25, 0.3) is 0 Å². The molecule has 1 nitrogen and oxygen atoms in total. The number of halogens is 5. The van der Waals surface area contributed by atoms with Crippen LogP contribution < -0.4 is 5.32 Å². The molecule has 0 bridgehead atoms. The van der Waals surface area contributed by atoms with E-state index < -0.39 is 17.5 Å². The summed E-state index contributed by atoms with van der Waals surface area (Å²) >= 11 is 9.17. The summed E-state index contributed by atoms with van der Waals surface area (Å²) in [5.41, 5.74) is 0.690. The Balaban J connectivity index is 2.14. The molecule has 0 fully saturated rings. The number of hydrogen-bond donors (Lipinski definition) is 1. The van der Waals surface area contributed by atoms with Crippen molar-refractivity contribution in [1.82, 2.24) is 0 Å². The van der Waals surface area contributed by atoms with E-state index in [-0.39, 0.29) is 12.2 Å². The van der Waals surface area contributed by atoms with Gasteiger partial charge in [-0.2, -0.15) is 0 Å². The van der Waals surface area contributed by atoms with E-state index in [0.717, 1.165) is 22.2 Å². The lowest BCUT2D eigenvalue weighted by Gasteiger charge is -2.09. The summed E-state index contributed by atoms with van der Waals surface area (Å²) in [4.78, 5) is 0. The van der Waals surface area contributed by atoms with Crippen LogP contribution in [0.1, 0.15) is 5.56 Å². The van der Waals surface area contributed by atoms with Crippen LogP contribution >= 0.6 is 27.5 Å². The van der Waals surface area contributed by atoms with Gasteiger partial charge in [0.05, 0.1) is 10.7 Å². The van der Waals surface area contributed by atoms with E-state index in [2.05, 4.69) is 21.2 Å². The molecule has 2 aromatic carbocycles. The lowest BCUT2D eigenvalue weighted by molar-refractivity contribution is 0.449. The molecule has 0 unspecified atom stereocenters. The van der Waals surface area contributed by atoms with Gasteiger partial charge < -0.3 is 5.32 Å². The topological polar surface area (TPSA) is 12.0 Å². The molecule has 2 rings (SSSR count). The lowest BCUT2D eigenvalue weighted by atomic mass is 10.2. The molecule has 0 radical (unpaired) electrons. The number of anilines is 1. The van der Waals surface area contributed by atoms with Gasteiger partial charge in [0.2, 0.25) is 0 Å². The minimum atomic E-state index is -1.49. The number of rotatable bonds is 3. The van der Waals surface area contributed by atoms with Crippen LogP contribution in [-0.2, 0) is 6.54 Å². The zero-order valence-corrected chi connectivity index (χ0v) is 11.8. The van der Waals surface area contributed by atoms with Crippen molar-refractivity contribution in [1.29, 1.82) is 0 Å². The fraction of sp³-hybridized carbons (Fsp3) is 0.0769. The second-order valence-corrected chi connectivity index (χ2v) is 5.09. The smallest absolute Gasteiger partial charge is 0.196 e. The Morgan fingerprint density at radius 1 is 1.05 bits per heavy atom. The molecule has 0 atom stereocenters. The van der Waals surface area contributed by atoms with E-state index in [9.17, 15) is 13.2 Å². The minimum Gasteiger partial charge on any atom is -0.379 e. The van der Waals surface area contributed by atoms with E-state index in [1.807, 2.05) is 0 Å². The van der Waals surface area contributed by atoms with Crippen molar-refractivity contribution in [2.45, 2.75) is 6.54 Å². The van der Waals surface area contributed by atoms with Crippen LogP contribution in [0.15, 0.2) is 34.8 Å². The van der Waals surface area contributed by atoms with Crippen LogP contribution in [0.5, 0.6) is 0 Å². The summed E-state index contributed by atoms with van der Waals surface area (Å²) in [6, 6.07) is 7.24. The number of hydrogen-bond acceptors (Lipinski definition) is 1. The fourth-order valence-electron chi connectivity index (χ4n) is 1.51. The van der Waals surface area contributed by atoms with Gasteiger partial charge in [0.25, 0.3) is 0 Å². The summed E-state index contributed by atoms with van der Waals surface area (Å²) < 4.78 is 39.9. The highest BCUT2D eigenvalue weighted by Gasteiger charge is 2.12. The van der Waals surface area contributed by atoms with Gasteiger partial charge in [-0.1, -0.05) is 17.7 Å². The summed E-state index contributed by atoms with van der Waals surface area (Å²) in [6.07, 6.45) is 0. The van der Waals surface area contributed by atoms with Gasteiger partial charge in [0, 0.05) is 11.0 Å². The number of benzene rings is 2. The Morgan fingerprint density at radius 2 is 1.79 bits per heavy atom. The molecule has 0 saturated carbocycles. The third-order valence-corrected chi connectivity index (χ3v) is 3.73. The van der Waals surface area contributed by atoms with Crippen molar-refractivity contribution in [3.8, 4) is 0 Å². The van der Waals surface area contributed by atoms with Gasteiger partial charge in [-0.25, -0.2) is 13.2 Å². The largest absolute Gasteiger partial charge is 0.379 e. The first-order valence-electron chi connectivity index (χ1n) is 5.30. The SMILES string of the molecule is Fc1ccc(NCc2ccc(Br)c(Cl)c2)c(F)c1F. The number of nitrogens with one attached hydrogen (secondary N) is 1. The van der Waals surface area contributed by atoms with Gasteiger partial charge in [0.15, 0.2) is 17.5 Å². The molecule has 0 aliphatic heterocycles. The van der Waals surface area contributed by atoms with Crippen molar-refractivity contribution >= 4 is 33.2 Å². The second kappa shape index (κ2) is 5.84. The first-order valence-corrected chi connectivity index (χ1v) is 6.47. The van der Waals surface area contributed by atoms with Crippen LogP contribution in [0, 0.1) is 17.5 Å². The molecule has 1 N–H and O–H groups in total. The van der Waals surface area contributed by atoms with Crippen LogP contribution in [0.3, 0.4) is 0 Å². The van der Waals surface area contributed by atoms with E-state index in [1.54, 1.807) is 18.2 Å². The Morgan fingerprint density at radius 3 is 2.47 bits per heavy atom. The Hall–Kier alpha value is -1.20. The molecule has 2 aromatic rings. The maximum absolute atomic E-state index is 13.4. The van der Waals surface area contributed by atoms with Crippen LogP contribution in [0.4, 0.5) is 18.9 Å². The zero-order valence-electron chi connectivity index (χ0n) is 9.48. The molecular formula is C13H8BrClF3N. The van der Waals surface area contributed by atoms with Crippen molar-refractivity contribution in [3.05, 3.63) is 62.8 Å². The standard InChI is InChI=1S/C13H8BrClF3N/c14-8-2-1-7(5-9(8)15)6-19-11-4-3-10(16)12(17)13(11)18/h1-5,19H,6H2. The van der Waals surface area contributed by atoms with Crippen LogP contribution in [0.2, 0.25) is 5.02 Å². The minimum absolute atomic E-state index is 0.0991. The summed E-state index contributed by atoms with van der Waals surface area (Å²) in [5, 5.41) is 3.21. The molecule has 0 heterocycles. The Bertz CT molecular complexity index is 619. The van der Waals surface area contributed by atoms with Gasteiger partial charge in [-0.05, 0) is 45.8 Å². The average Bonchev–Trinajstić information content (AvgIpc) is 2.39. The predicted molar refractivity (Wildman–Crippen MR) is 72.8 cm³/mol. The quantitative estimate of drug-likeness (QED) is 0.757. The molecule has 0 aliphatic carbocycles. The first-order chi connectivity index (χ1) is 8.99. The summed E-state index contributed by atoms with van der Waals surface area (Å²) in [6.45, 7) is 0.245. The van der Waals surface area contributed by atoms with Gasteiger partial charge >= 0.3 is 0 Å². The van der Waals surface area contributed by atoms with Gasteiger partial charge in [-0.3, -0.25) is 0 Å². The molecule has 0 spiro atoms. The predicted octanol–water partition coefficient (Wildman–Crippen LogP) is 5.13. The molecule has 0 aliphatic rings. The maximum atomic E-state index is 13.4. The summed E-state index contributed by atoms with van der Waals surface area (Å²) in [7, 11) is 0. The summed E-state index contributed by atoms with van der Waals surface area (Å²) in [5.74, 6) is -3.93. The first kappa shape index (κ1) is 14.2. The van der Waals surface area contributed by atoms with Crippen molar-refractivity contribution in [2.24, 2.45) is 0 Å². The Kier molecular flexibility index (Phi) is 4.37. The zero-order chi connectivity index (χ0) is 14.0. The molecule has 0 saturated heterocycles. The third kappa shape index (κ3) is 3.22.